The molecular formula is C21H30N4O3S. The van der Waals surface area contributed by atoms with Crippen molar-refractivity contribution in [1.29, 1.82) is 0 Å². The quantitative estimate of drug-likeness (QED) is 0.635. The molecule has 1 fully saturated rings. The summed E-state index contributed by atoms with van der Waals surface area (Å²) in [4.78, 5) is 12.4. The van der Waals surface area contributed by atoms with Gasteiger partial charge in [-0.3, -0.25) is 9.48 Å². The van der Waals surface area contributed by atoms with E-state index in [-0.39, 0.29) is 5.91 Å². The lowest BCUT2D eigenvalue weighted by Crippen LogP contribution is -2.39. The highest BCUT2D eigenvalue weighted by Gasteiger charge is 2.30. The van der Waals surface area contributed by atoms with Crippen LogP contribution in [-0.4, -0.2) is 48.0 Å². The van der Waals surface area contributed by atoms with Gasteiger partial charge < -0.3 is 5.32 Å². The molecule has 1 aromatic heterocycles. The highest BCUT2D eigenvalue weighted by Crippen LogP contribution is 2.27. The van der Waals surface area contributed by atoms with Crippen molar-refractivity contribution in [2.45, 2.75) is 50.5 Å². The molecule has 158 valence electrons. The number of carbonyl (C=O) groups is 1. The molecule has 2 aromatic rings. The molecule has 1 aromatic carbocycles. The van der Waals surface area contributed by atoms with Gasteiger partial charge in [-0.25, -0.2) is 8.42 Å². The van der Waals surface area contributed by atoms with E-state index in [0.717, 1.165) is 37.8 Å². The highest BCUT2D eigenvalue weighted by atomic mass is 32.2. The maximum absolute atomic E-state index is 12.9. The number of piperidine rings is 1. The van der Waals surface area contributed by atoms with Crippen molar-refractivity contribution in [1.82, 2.24) is 19.4 Å². The smallest absolute Gasteiger partial charge is 0.243 e. The fraction of sp³-hybridized carbons (Fsp3) is 0.524. The van der Waals surface area contributed by atoms with E-state index in [1.165, 1.54) is 0 Å². The van der Waals surface area contributed by atoms with E-state index in [2.05, 4.69) is 10.4 Å². The predicted octanol–water partition coefficient (Wildman–Crippen LogP) is 2.58. The average Bonchev–Trinajstić information content (AvgIpc) is 3.24. The van der Waals surface area contributed by atoms with E-state index < -0.39 is 10.0 Å². The molecule has 0 saturated carbocycles. The molecule has 0 spiro atoms. The van der Waals surface area contributed by atoms with E-state index in [9.17, 15) is 13.2 Å². The van der Waals surface area contributed by atoms with Crippen LogP contribution in [0.5, 0.6) is 0 Å². The van der Waals surface area contributed by atoms with Crippen LogP contribution < -0.4 is 5.32 Å². The molecule has 8 heteroatoms. The number of rotatable bonds is 9. The van der Waals surface area contributed by atoms with Gasteiger partial charge in [0.25, 0.3) is 0 Å². The Morgan fingerprint density at radius 2 is 1.97 bits per heavy atom. The average molecular weight is 419 g/mol. The Kier molecular flexibility index (Phi) is 7.44. The van der Waals surface area contributed by atoms with E-state index in [4.69, 9.17) is 0 Å². The third-order valence-electron chi connectivity index (χ3n) is 5.51. The number of sulfonamides is 1. The molecule has 1 N–H and O–H groups in total. The van der Waals surface area contributed by atoms with Crippen LogP contribution in [0.2, 0.25) is 0 Å². The highest BCUT2D eigenvalue weighted by molar-refractivity contribution is 7.89. The lowest BCUT2D eigenvalue weighted by atomic mass is 9.93. The molecule has 1 amide bonds. The Hall–Kier alpha value is -2.19. The summed E-state index contributed by atoms with van der Waals surface area (Å²) in [6.07, 6.45) is 7.42. The summed E-state index contributed by atoms with van der Waals surface area (Å²) in [6.45, 7) is 4.31. The first-order chi connectivity index (χ1) is 14.0. The number of aryl methyl sites for hydroxylation is 2. The van der Waals surface area contributed by atoms with Crippen molar-refractivity contribution in [2.75, 3.05) is 19.6 Å². The molecular weight excluding hydrogens is 388 g/mol. The minimum Gasteiger partial charge on any atom is -0.356 e. The van der Waals surface area contributed by atoms with E-state index in [1.807, 2.05) is 36.0 Å². The van der Waals surface area contributed by atoms with Crippen LogP contribution in [0.4, 0.5) is 0 Å². The van der Waals surface area contributed by atoms with Crippen molar-refractivity contribution >= 4 is 15.9 Å². The maximum atomic E-state index is 12.9. The lowest BCUT2D eigenvalue weighted by molar-refractivity contribution is -0.121. The predicted molar refractivity (Wildman–Crippen MR) is 112 cm³/mol. The van der Waals surface area contributed by atoms with Crippen molar-refractivity contribution in [3.63, 3.8) is 0 Å². The largest absolute Gasteiger partial charge is 0.356 e. The van der Waals surface area contributed by atoms with Crippen molar-refractivity contribution in [3.05, 3.63) is 48.3 Å². The summed E-state index contributed by atoms with van der Waals surface area (Å²) in [5.41, 5.74) is 0.777. The van der Waals surface area contributed by atoms with E-state index >= 15 is 0 Å². The van der Waals surface area contributed by atoms with Gasteiger partial charge in [-0.1, -0.05) is 18.2 Å². The molecule has 29 heavy (non-hydrogen) atoms. The zero-order valence-electron chi connectivity index (χ0n) is 17.0. The van der Waals surface area contributed by atoms with Crippen LogP contribution in [0.3, 0.4) is 0 Å². The number of hydrogen-bond donors (Lipinski definition) is 1. The van der Waals surface area contributed by atoms with Gasteiger partial charge >= 0.3 is 0 Å². The van der Waals surface area contributed by atoms with E-state index in [1.54, 1.807) is 22.6 Å². The molecule has 0 unspecified atom stereocenters. The number of aromatic nitrogens is 2. The topological polar surface area (TPSA) is 84.3 Å². The minimum absolute atomic E-state index is 0.0698. The molecule has 2 heterocycles. The second-order valence-electron chi connectivity index (χ2n) is 7.62. The zero-order chi connectivity index (χ0) is 20.7. The molecule has 0 radical (unpaired) electrons. The van der Waals surface area contributed by atoms with Crippen LogP contribution in [0, 0.1) is 12.8 Å². The molecule has 3 rings (SSSR count). The third kappa shape index (κ3) is 5.90. The summed E-state index contributed by atoms with van der Waals surface area (Å²) in [5.74, 6) is 0.466. The normalized spacial score (nSPS) is 16.0. The summed E-state index contributed by atoms with van der Waals surface area (Å²) < 4.78 is 29.2. The number of carbonyl (C=O) groups excluding carboxylic acids is 1. The second kappa shape index (κ2) is 10.0. The van der Waals surface area contributed by atoms with Crippen molar-refractivity contribution in [3.8, 4) is 0 Å². The first kappa shape index (κ1) is 21.5. The number of amides is 1. The summed E-state index contributed by atoms with van der Waals surface area (Å²) in [7, 11) is -3.43. The molecule has 7 nitrogen and oxygen atoms in total. The molecule has 1 aliphatic heterocycles. The summed E-state index contributed by atoms with van der Waals surface area (Å²) >= 11 is 0. The van der Waals surface area contributed by atoms with Crippen LogP contribution in [0.25, 0.3) is 0 Å². The Bertz CT molecular complexity index is 888. The lowest BCUT2D eigenvalue weighted by Gasteiger charge is -2.31. The molecule has 0 atom stereocenters. The van der Waals surface area contributed by atoms with Crippen LogP contribution in [0.1, 0.15) is 37.7 Å². The number of benzene rings is 1. The second-order valence-corrected chi connectivity index (χ2v) is 9.53. The van der Waals surface area contributed by atoms with Crippen LogP contribution in [-0.2, 0) is 21.4 Å². The van der Waals surface area contributed by atoms with Gasteiger partial charge in [0, 0.05) is 45.0 Å². The summed E-state index contributed by atoms with van der Waals surface area (Å²) in [5, 5.41) is 7.09. The monoisotopic (exact) mass is 418 g/mol. The number of hydrogen-bond acceptors (Lipinski definition) is 4. The SMILES string of the molecule is Cc1ccccc1S(=O)(=O)N1CCC(CCC(=O)NCCCn2cccn2)CC1. The number of nitrogens with zero attached hydrogens (tertiary/aromatic N) is 3. The van der Waals surface area contributed by atoms with Gasteiger partial charge in [-0.05, 0) is 56.2 Å². The Morgan fingerprint density at radius 1 is 1.21 bits per heavy atom. The first-order valence-corrected chi connectivity index (χ1v) is 11.7. The molecule has 1 aliphatic rings. The Morgan fingerprint density at radius 3 is 2.66 bits per heavy atom. The fourth-order valence-corrected chi connectivity index (χ4v) is 5.44. The van der Waals surface area contributed by atoms with Gasteiger partial charge in [0.05, 0.1) is 4.90 Å². The van der Waals surface area contributed by atoms with Gasteiger partial charge in [-0.15, -0.1) is 0 Å². The van der Waals surface area contributed by atoms with Gasteiger partial charge in [0.1, 0.15) is 0 Å². The van der Waals surface area contributed by atoms with Gasteiger partial charge in [-0.2, -0.15) is 9.40 Å². The van der Waals surface area contributed by atoms with Gasteiger partial charge in [0.2, 0.25) is 15.9 Å². The Labute approximate surface area is 173 Å². The zero-order valence-corrected chi connectivity index (χ0v) is 17.8. The van der Waals surface area contributed by atoms with Gasteiger partial charge in [0.15, 0.2) is 0 Å². The van der Waals surface area contributed by atoms with Crippen LogP contribution in [0.15, 0.2) is 47.6 Å². The molecule has 0 aliphatic carbocycles. The maximum Gasteiger partial charge on any atom is 0.243 e. The molecule has 0 bridgehead atoms. The Balaban J connectivity index is 1.36. The third-order valence-corrected chi connectivity index (χ3v) is 7.57. The van der Waals surface area contributed by atoms with Crippen molar-refractivity contribution < 1.29 is 13.2 Å². The van der Waals surface area contributed by atoms with E-state index in [0.29, 0.717) is 36.9 Å². The van der Waals surface area contributed by atoms with Crippen molar-refractivity contribution in [2.24, 2.45) is 5.92 Å². The standard InChI is InChI=1S/C21H30N4O3S/c1-18-6-2-3-7-20(18)29(27,28)25-16-10-19(11-17-25)8-9-21(26)22-12-4-14-24-15-5-13-23-24/h2-3,5-7,13,15,19H,4,8-12,14,16-17H2,1H3,(H,22,26). The fourth-order valence-electron chi connectivity index (χ4n) is 3.75. The number of nitrogens with one attached hydrogen (secondary N) is 1. The molecule has 1 saturated heterocycles. The minimum atomic E-state index is -3.43. The van der Waals surface area contributed by atoms with Crippen LogP contribution >= 0.6 is 0 Å². The summed E-state index contributed by atoms with van der Waals surface area (Å²) in [6, 6.07) is 9.00. The first-order valence-electron chi connectivity index (χ1n) is 10.3.